The lowest BCUT2D eigenvalue weighted by atomic mass is 9.94. The molecular weight excluding hydrogens is 378 g/mol. The fourth-order valence-corrected chi connectivity index (χ4v) is 3.50. The number of fused-ring (bicyclic) bond motifs is 1. The summed E-state index contributed by atoms with van der Waals surface area (Å²) in [6.07, 6.45) is 1.45. The van der Waals surface area contributed by atoms with Crippen molar-refractivity contribution in [1.82, 2.24) is 14.8 Å². The summed E-state index contributed by atoms with van der Waals surface area (Å²) in [5.74, 6) is 0.935. The van der Waals surface area contributed by atoms with Crippen molar-refractivity contribution < 1.29 is 9.53 Å². The number of anilines is 2. The van der Waals surface area contributed by atoms with Crippen LogP contribution >= 0.6 is 11.6 Å². The molecule has 2 heterocycles. The zero-order chi connectivity index (χ0) is 19.7. The Morgan fingerprint density at radius 3 is 2.75 bits per heavy atom. The second kappa shape index (κ2) is 7.36. The summed E-state index contributed by atoms with van der Waals surface area (Å²) >= 11 is 6.21. The molecule has 0 fully saturated rings. The van der Waals surface area contributed by atoms with Gasteiger partial charge in [-0.05, 0) is 25.1 Å². The Kier molecular flexibility index (Phi) is 4.75. The van der Waals surface area contributed by atoms with E-state index in [1.807, 2.05) is 43.3 Å². The highest BCUT2D eigenvalue weighted by atomic mass is 35.5. The van der Waals surface area contributed by atoms with Crippen LogP contribution in [0.5, 0.6) is 5.75 Å². The number of halogens is 1. The average Bonchev–Trinajstić information content (AvgIpc) is 3.16. The largest absolute Gasteiger partial charge is 0.496 e. The molecule has 0 radical (unpaired) electrons. The number of methoxy groups -OCH3 is 1. The third-order valence-electron chi connectivity index (χ3n) is 4.59. The van der Waals surface area contributed by atoms with Crippen molar-refractivity contribution in [3.8, 4) is 5.75 Å². The first-order valence-corrected chi connectivity index (χ1v) is 9.04. The van der Waals surface area contributed by atoms with Crippen molar-refractivity contribution in [2.24, 2.45) is 0 Å². The van der Waals surface area contributed by atoms with E-state index in [1.165, 1.54) is 6.33 Å². The van der Waals surface area contributed by atoms with E-state index in [-0.39, 0.29) is 5.91 Å². The smallest absolute Gasteiger partial charge is 0.255 e. The summed E-state index contributed by atoms with van der Waals surface area (Å²) in [6.45, 7) is 1.84. The Hall–Kier alpha value is -3.32. The highest BCUT2D eigenvalue weighted by Gasteiger charge is 2.35. The van der Waals surface area contributed by atoms with E-state index in [0.29, 0.717) is 33.7 Å². The van der Waals surface area contributed by atoms with Gasteiger partial charge in [-0.25, -0.2) is 4.68 Å². The summed E-state index contributed by atoms with van der Waals surface area (Å²) in [4.78, 5) is 17.5. The minimum atomic E-state index is -0.502. The highest BCUT2D eigenvalue weighted by molar-refractivity contribution is 6.33. The third kappa shape index (κ3) is 3.10. The van der Waals surface area contributed by atoms with Crippen LogP contribution in [0.1, 0.15) is 18.5 Å². The molecule has 1 aromatic heterocycles. The van der Waals surface area contributed by atoms with Gasteiger partial charge in [0.1, 0.15) is 18.1 Å². The van der Waals surface area contributed by atoms with Gasteiger partial charge in [-0.15, -0.1) is 0 Å². The van der Waals surface area contributed by atoms with E-state index < -0.39 is 6.04 Å². The van der Waals surface area contributed by atoms with Gasteiger partial charge in [-0.3, -0.25) is 4.79 Å². The fraction of sp³-hybridized carbons (Fsp3) is 0.150. The number of amides is 1. The number of allylic oxidation sites excluding steroid dienone is 1. The van der Waals surface area contributed by atoms with Crippen molar-refractivity contribution in [3.63, 3.8) is 0 Å². The fourth-order valence-electron chi connectivity index (χ4n) is 3.32. The van der Waals surface area contributed by atoms with E-state index in [2.05, 4.69) is 20.7 Å². The van der Waals surface area contributed by atoms with Gasteiger partial charge < -0.3 is 15.4 Å². The molecule has 2 aromatic carbocycles. The van der Waals surface area contributed by atoms with Crippen LogP contribution in [0, 0.1) is 0 Å². The Morgan fingerprint density at radius 1 is 1.21 bits per heavy atom. The molecule has 8 heteroatoms. The quantitative estimate of drug-likeness (QED) is 0.700. The second-order valence-electron chi connectivity index (χ2n) is 6.27. The minimum absolute atomic E-state index is 0.282. The predicted molar refractivity (Wildman–Crippen MR) is 108 cm³/mol. The normalized spacial score (nSPS) is 15.6. The molecule has 1 atom stereocenters. The first-order valence-electron chi connectivity index (χ1n) is 8.66. The molecule has 1 aliphatic heterocycles. The van der Waals surface area contributed by atoms with E-state index in [0.717, 1.165) is 5.56 Å². The zero-order valence-electron chi connectivity index (χ0n) is 15.3. The maximum absolute atomic E-state index is 13.3. The minimum Gasteiger partial charge on any atom is -0.496 e. The Balaban J connectivity index is 1.81. The maximum atomic E-state index is 13.3. The van der Waals surface area contributed by atoms with E-state index in [9.17, 15) is 4.79 Å². The summed E-state index contributed by atoms with van der Waals surface area (Å²) < 4.78 is 7.21. The molecule has 0 aliphatic carbocycles. The molecule has 7 nitrogen and oxygen atoms in total. The molecule has 28 heavy (non-hydrogen) atoms. The molecule has 3 aromatic rings. The van der Waals surface area contributed by atoms with E-state index >= 15 is 0 Å². The summed E-state index contributed by atoms with van der Waals surface area (Å²) in [5, 5.41) is 10.8. The van der Waals surface area contributed by atoms with Crippen LogP contribution in [-0.2, 0) is 4.79 Å². The molecule has 0 saturated carbocycles. The van der Waals surface area contributed by atoms with Crippen LogP contribution in [0.3, 0.4) is 0 Å². The monoisotopic (exact) mass is 395 g/mol. The number of carbonyl (C=O) groups excluding carboxylic acids is 1. The number of ether oxygens (including phenoxy) is 1. The van der Waals surface area contributed by atoms with E-state index in [1.54, 1.807) is 23.9 Å². The summed E-state index contributed by atoms with van der Waals surface area (Å²) in [5.41, 5.74) is 2.53. The first kappa shape index (κ1) is 18.1. The van der Waals surface area contributed by atoms with Crippen molar-refractivity contribution in [3.05, 3.63) is 76.7 Å². The number of benzene rings is 2. The molecule has 0 bridgehead atoms. The lowest BCUT2D eigenvalue weighted by Crippen LogP contribution is -2.31. The van der Waals surface area contributed by atoms with E-state index in [4.69, 9.17) is 16.3 Å². The molecule has 0 unspecified atom stereocenters. The van der Waals surface area contributed by atoms with Crippen LogP contribution in [-0.4, -0.2) is 27.8 Å². The number of carbonyl (C=O) groups is 1. The lowest BCUT2D eigenvalue weighted by molar-refractivity contribution is -0.113. The second-order valence-corrected chi connectivity index (χ2v) is 6.68. The average molecular weight is 396 g/mol. The van der Waals surface area contributed by atoms with Crippen molar-refractivity contribution in [2.45, 2.75) is 13.0 Å². The van der Waals surface area contributed by atoms with Gasteiger partial charge in [0, 0.05) is 11.3 Å². The van der Waals surface area contributed by atoms with Gasteiger partial charge in [0.15, 0.2) is 0 Å². The van der Waals surface area contributed by atoms with Gasteiger partial charge in [-0.1, -0.05) is 41.9 Å². The van der Waals surface area contributed by atoms with Crippen LogP contribution in [0.2, 0.25) is 5.02 Å². The highest BCUT2D eigenvalue weighted by Crippen LogP contribution is 2.39. The number of para-hydroxylation sites is 2. The first-order chi connectivity index (χ1) is 13.6. The van der Waals surface area contributed by atoms with Crippen molar-refractivity contribution in [1.29, 1.82) is 0 Å². The molecule has 1 amide bonds. The molecule has 0 saturated heterocycles. The molecular formula is C20H18ClN5O2. The Labute approximate surface area is 167 Å². The van der Waals surface area contributed by atoms with Gasteiger partial charge in [-0.2, -0.15) is 10.1 Å². The maximum Gasteiger partial charge on any atom is 0.255 e. The van der Waals surface area contributed by atoms with Crippen LogP contribution < -0.4 is 15.4 Å². The lowest BCUT2D eigenvalue weighted by Gasteiger charge is -2.29. The number of aromatic nitrogens is 3. The predicted octanol–water partition coefficient (Wildman–Crippen LogP) is 3.87. The van der Waals surface area contributed by atoms with Gasteiger partial charge in [0.25, 0.3) is 5.91 Å². The molecule has 1 aliphatic rings. The van der Waals surface area contributed by atoms with Crippen molar-refractivity contribution >= 4 is 29.1 Å². The molecule has 2 N–H and O–H groups in total. The topological polar surface area (TPSA) is 81.1 Å². The zero-order valence-corrected chi connectivity index (χ0v) is 16.1. The van der Waals surface area contributed by atoms with Crippen LogP contribution in [0.4, 0.5) is 11.6 Å². The SMILES string of the molecule is COc1ccccc1[C@@H]1C(C(=O)Nc2ccccc2Cl)=C(C)Nc2ncnn21. The number of nitrogens with one attached hydrogen (secondary N) is 2. The Morgan fingerprint density at radius 2 is 1.96 bits per heavy atom. The van der Waals surface area contributed by atoms with Gasteiger partial charge in [0.05, 0.1) is 23.4 Å². The van der Waals surface area contributed by atoms with Gasteiger partial charge in [0.2, 0.25) is 5.95 Å². The molecule has 4 rings (SSSR count). The number of nitrogens with zero attached hydrogens (tertiary/aromatic N) is 3. The standard InChI is InChI=1S/C20H18ClN5O2/c1-12-17(19(27)25-15-9-5-4-8-14(15)21)18(26-20(24-12)22-11-23-26)13-7-3-6-10-16(13)28-2/h3-11,18H,1-2H3,(H,25,27)(H,22,23,24)/t18-/m1/s1. The molecule has 0 spiro atoms. The van der Waals surface area contributed by atoms with Gasteiger partial charge >= 0.3 is 0 Å². The number of hydrogen-bond donors (Lipinski definition) is 2. The molecule has 142 valence electrons. The Bertz CT molecular complexity index is 1080. The summed E-state index contributed by atoms with van der Waals surface area (Å²) in [7, 11) is 1.60. The number of rotatable bonds is 4. The summed E-state index contributed by atoms with van der Waals surface area (Å²) in [6, 6.07) is 14.1. The third-order valence-corrected chi connectivity index (χ3v) is 4.92. The van der Waals surface area contributed by atoms with Crippen LogP contribution in [0.25, 0.3) is 0 Å². The van der Waals surface area contributed by atoms with Crippen molar-refractivity contribution in [2.75, 3.05) is 17.7 Å². The number of hydrogen-bond acceptors (Lipinski definition) is 5. The van der Waals surface area contributed by atoms with Crippen LogP contribution in [0.15, 0.2) is 66.1 Å².